The summed E-state index contributed by atoms with van der Waals surface area (Å²) in [5, 5.41) is 27.1. The molecule has 3 rings (SSSR count). The first kappa shape index (κ1) is 19.3. The van der Waals surface area contributed by atoms with Crippen LogP contribution in [0.1, 0.15) is 35.6 Å². The molecule has 2 unspecified atom stereocenters. The minimum Gasteiger partial charge on any atom is -0.392 e. The van der Waals surface area contributed by atoms with Crippen molar-refractivity contribution in [1.29, 1.82) is 10.7 Å². The lowest BCUT2D eigenvalue weighted by molar-refractivity contribution is 0.0259. The van der Waals surface area contributed by atoms with Gasteiger partial charge in [-0.25, -0.2) is 0 Å². The molecule has 1 saturated heterocycles. The van der Waals surface area contributed by atoms with Crippen LogP contribution in [0, 0.1) is 36.5 Å². The van der Waals surface area contributed by atoms with Crippen LogP contribution < -0.4 is 0 Å². The van der Waals surface area contributed by atoms with Crippen molar-refractivity contribution in [3.63, 3.8) is 0 Å². The van der Waals surface area contributed by atoms with Crippen molar-refractivity contribution in [3.8, 4) is 17.2 Å². The van der Waals surface area contributed by atoms with Gasteiger partial charge in [-0.2, -0.15) is 5.26 Å². The number of aliphatic hydroxyl groups is 1. The smallest absolute Gasteiger partial charge is 0.139 e. The number of piperidine rings is 1. The average Bonchev–Trinajstić information content (AvgIpc) is 2.67. The minimum absolute atomic E-state index is 0.00644. The van der Waals surface area contributed by atoms with Gasteiger partial charge in [-0.05, 0) is 66.6 Å². The molecule has 4 heteroatoms. The number of likely N-dealkylation sites (tertiary alicyclic amines) is 1. The van der Waals surface area contributed by atoms with E-state index in [4.69, 9.17) is 10.7 Å². The molecule has 2 N–H and O–H groups in total. The van der Waals surface area contributed by atoms with Crippen molar-refractivity contribution in [1.82, 2.24) is 4.90 Å². The first-order chi connectivity index (χ1) is 12.9. The van der Waals surface area contributed by atoms with Crippen molar-refractivity contribution < 1.29 is 5.11 Å². The third-order valence-corrected chi connectivity index (χ3v) is 5.74. The minimum atomic E-state index is -0.234. The summed E-state index contributed by atoms with van der Waals surface area (Å²) >= 11 is 0. The molecule has 140 valence electrons. The number of nitrogens with one attached hydrogen (secondary N) is 1. The third kappa shape index (κ3) is 4.27. The van der Waals surface area contributed by atoms with Crippen LogP contribution in [0.3, 0.4) is 0 Å². The summed E-state index contributed by atoms with van der Waals surface area (Å²) in [6.45, 7) is 8.69. The molecule has 4 nitrogen and oxygen atoms in total. The van der Waals surface area contributed by atoms with E-state index >= 15 is 0 Å². The summed E-state index contributed by atoms with van der Waals surface area (Å²) in [6.07, 6.45) is 0.803. The van der Waals surface area contributed by atoms with Gasteiger partial charge >= 0.3 is 0 Å². The topological polar surface area (TPSA) is 71.1 Å². The second-order valence-electron chi connectivity index (χ2n) is 7.72. The van der Waals surface area contributed by atoms with Crippen molar-refractivity contribution in [3.05, 3.63) is 58.7 Å². The van der Waals surface area contributed by atoms with Crippen LogP contribution in [-0.4, -0.2) is 34.9 Å². The van der Waals surface area contributed by atoms with E-state index in [2.05, 4.69) is 42.2 Å². The number of aryl methyl sites for hydroxylation is 1. The normalized spacial score (nSPS) is 20.3. The standard InChI is InChI=1S/C23H27N3O/c1-15-8-9-26(14-23(15)27)13-18-4-6-19(7-5-18)20-10-16(2)17(3)21(11-20)22(25)12-24/h4-7,10-11,15,23,25,27H,8-9,13-14H2,1-3H3. The van der Waals surface area contributed by atoms with Crippen LogP contribution in [0.2, 0.25) is 0 Å². The second-order valence-corrected chi connectivity index (χ2v) is 7.72. The second kappa shape index (κ2) is 8.04. The fraction of sp³-hybridized carbons (Fsp3) is 0.391. The highest BCUT2D eigenvalue weighted by Gasteiger charge is 2.24. The predicted octanol–water partition coefficient (Wildman–Crippen LogP) is 4.06. The molecule has 0 bridgehead atoms. The van der Waals surface area contributed by atoms with E-state index < -0.39 is 0 Å². The Labute approximate surface area is 161 Å². The number of β-amino-alcohol motifs (C(OH)–C–C–N with tert-alkyl or cyclic N) is 1. The largest absolute Gasteiger partial charge is 0.392 e. The Morgan fingerprint density at radius 1 is 1.22 bits per heavy atom. The molecule has 0 amide bonds. The van der Waals surface area contributed by atoms with Crippen molar-refractivity contribution in [2.24, 2.45) is 5.92 Å². The van der Waals surface area contributed by atoms with Crippen molar-refractivity contribution >= 4 is 5.71 Å². The molecule has 0 aliphatic carbocycles. The van der Waals surface area contributed by atoms with E-state index in [9.17, 15) is 5.11 Å². The van der Waals surface area contributed by atoms with Gasteiger partial charge < -0.3 is 5.11 Å². The molecule has 1 aliphatic rings. The fourth-order valence-corrected chi connectivity index (χ4v) is 3.66. The average molecular weight is 361 g/mol. The molecule has 2 aromatic carbocycles. The monoisotopic (exact) mass is 361 g/mol. The first-order valence-corrected chi connectivity index (χ1v) is 9.49. The fourth-order valence-electron chi connectivity index (χ4n) is 3.66. The Bertz CT molecular complexity index is 880. The molecule has 0 aromatic heterocycles. The maximum atomic E-state index is 10.1. The zero-order chi connectivity index (χ0) is 19.6. The Morgan fingerprint density at radius 3 is 2.56 bits per heavy atom. The Hall–Kier alpha value is -2.48. The first-order valence-electron chi connectivity index (χ1n) is 9.49. The molecule has 2 aromatic rings. The van der Waals surface area contributed by atoms with Gasteiger partial charge in [-0.15, -0.1) is 0 Å². The lowest BCUT2D eigenvalue weighted by Crippen LogP contribution is -2.42. The van der Waals surface area contributed by atoms with E-state index in [1.165, 1.54) is 5.56 Å². The summed E-state index contributed by atoms with van der Waals surface area (Å²) in [7, 11) is 0. The van der Waals surface area contributed by atoms with Gasteiger partial charge in [0.2, 0.25) is 0 Å². The van der Waals surface area contributed by atoms with Crippen LogP contribution in [0.5, 0.6) is 0 Å². The highest BCUT2D eigenvalue weighted by molar-refractivity contribution is 6.11. The third-order valence-electron chi connectivity index (χ3n) is 5.74. The van der Waals surface area contributed by atoms with Gasteiger partial charge in [0.05, 0.1) is 6.10 Å². The van der Waals surface area contributed by atoms with Crippen LogP contribution in [0.25, 0.3) is 11.1 Å². The van der Waals surface area contributed by atoms with Crippen molar-refractivity contribution in [2.75, 3.05) is 13.1 Å². The lowest BCUT2D eigenvalue weighted by Gasteiger charge is -2.34. The number of hydrogen-bond donors (Lipinski definition) is 2. The number of aliphatic hydroxyl groups excluding tert-OH is 1. The number of nitriles is 1. The molecule has 1 fully saturated rings. The number of nitrogens with zero attached hydrogens (tertiary/aromatic N) is 2. The molecular weight excluding hydrogens is 334 g/mol. The van der Waals surface area contributed by atoms with Gasteiger partial charge in [-0.3, -0.25) is 10.3 Å². The highest BCUT2D eigenvalue weighted by Crippen LogP contribution is 2.26. The zero-order valence-corrected chi connectivity index (χ0v) is 16.3. The van der Waals surface area contributed by atoms with E-state index in [0.29, 0.717) is 11.5 Å². The summed E-state index contributed by atoms with van der Waals surface area (Å²) < 4.78 is 0. The number of rotatable bonds is 4. The van der Waals surface area contributed by atoms with Gasteiger partial charge in [0.15, 0.2) is 0 Å². The van der Waals surface area contributed by atoms with Gasteiger partial charge in [-0.1, -0.05) is 37.3 Å². The van der Waals surface area contributed by atoms with E-state index in [1.54, 1.807) is 0 Å². The lowest BCUT2D eigenvalue weighted by atomic mass is 9.93. The molecule has 1 heterocycles. The SMILES string of the molecule is Cc1cc(-c2ccc(CN3CCC(C)C(O)C3)cc2)cc(C(=N)C#N)c1C. The van der Waals surface area contributed by atoms with Crippen molar-refractivity contribution in [2.45, 2.75) is 39.8 Å². The van der Waals surface area contributed by atoms with Gasteiger partial charge in [0.25, 0.3) is 0 Å². The van der Waals surface area contributed by atoms with Crippen LogP contribution >= 0.6 is 0 Å². The van der Waals surface area contributed by atoms with E-state index in [1.807, 2.05) is 26.0 Å². The molecule has 2 atom stereocenters. The molecule has 0 saturated carbocycles. The molecule has 1 aliphatic heterocycles. The molecule has 27 heavy (non-hydrogen) atoms. The summed E-state index contributed by atoms with van der Waals surface area (Å²) in [6, 6.07) is 14.5. The summed E-state index contributed by atoms with van der Waals surface area (Å²) in [5.74, 6) is 0.384. The Balaban J connectivity index is 1.79. The Kier molecular flexibility index (Phi) is 5.74. The summed E-state index contributed by atoms with van der Waals surface area (Å²) in [5.41, 5.74) is 6.13. The quantitative estimate of drug-likeness (QED) is 0.807. The maximum Gasteiger partial charge on any atom is 0.139 e. The Morgan fingerprint density at radius 2 is 1.93 bits per heavy atom. The summed E-state index contributed by atoms with van der Waals surface area (Å²) in [4.78, 5) is 2.31. The number of hydrogen-bond acceptors (Lipinski definition) is 4. The van der Waals surface area contributed by atoms with Crippen LogP contribution in [0.15, 0.2) is 36.4 Å². The predicted molar refractivity (Wildman–Crippen MR) is 109 cm³/mol. The van der Waals surface area contributed by atoms with Gasteiger partial charge in [0.1, 0.15) is 11.8 Å². The van der Waals surface area contributed by atoms with Crippen LogP contribution in [0.4, 0.5) is 0 Å². The maximum absolute atomic E-state index is 10.1. The van der Waals surface area contributed by atoms with E-state index in [0.717, 1.165) is 48.3 Å². The highest BCUT2D eigenvalue weighted by atomic mass is 16.3. The molecule has 0 spiro atoms. The zero-order valence-electron chi connectivity index (χ0n) is 16.3. The molecule has 0 radical (unpaired) electrons. The van der Waals surface area contributed by atoms with Gasteiger partial charge in [0, 0.05) is 18.7 Å². The molecular formula is C23H27N3O. The van der Waals surface area contributed by atoms with E-state index in [-0.39, 0.29) is 11.8 Å². The number of benzene rings is 2. The van der Waals surface area contributed by atoms with Crippen LogP contribution in [-0.2, 0) is 6.54 Å².